The highest BCUT2D eigenvalue weighted by Crippen LogP contribution is 2.39. The Kier molecular flexibility index (Phi) is 5.40. The molecular weight excluding hydrogens is 384 g/mol. The molecule has 0 saturated carbocycles. The van der Waals surface area contributed by atoms with E-state index in [-0.39, 0.29) is 18.4 Å². The van der Waals surface area contributed by atoms with Gasteiger partial charge in [0.1, 0.15) is 17.2 Å². The van der Waals surface area contributed by atoms with Gasteiger partial charge < -0.3 is 9.47 Å². The second-order valence-corrected chi connectivity index (χ2v) is 7.48. The van der Waals surface area contributed by atoms with Crippen LogP contribution >= 0.6 is 11.3 Å². The molecule has 0 unspecified atom stereocenters. The quantitative estimate of drug-likeness (QED) is 0.316. The molecule has 0 amide bonds. The van der Waals surface area contributed by atoms with E-state index in [4.69, 9.17) is 9.47 Å². The van der Waals surface area contributed by atoms with Gasteiger partial charge in [0.2, 0.25) is 5.78 Å². The van der Waals surface area contributed by atoms with Crippen LogP contribution in [0.1, 0.15) is 31.2 Å². The van der Waals surface area contributed by atoms with Crippen molar-refractivity contribution in [2.24, 2.45) is 0 Å². The van der Waals surface area contributed by atoms with E-state index in [1.54, 1.807) is 12.1 Å². The van der Waals surface area contributed by atoms with Crippen molar-refractivity contribution < 1.29 is 19.1 Å². The number of hydrogen-bond acceptors (Lipinski definition) is 5. The lowest BCUT2D eigenvalue weighted by molar-refractivity contribution is 0.0600. The molecule has 0 spiro atoms. The molecule has 0 aliphatic carbocycles. The average Bonchev–Trinajstić information content (AvgIpc) is 3.16. The van der Waals surface area contributed by atoms with Crippen molar-refractivity contribution in [1.82, 2.24) is 0 Å². The summed E-state index contributed by atoms with van der Waals surface area (Å²) in [5.74, 6) is 0.163. The number of fused-ring (bicyclic) bond motifs is 1. The third-order valence-electron chi connectivity index (χ3n) is 4.55. The van der Waals surface area contributed by atoms with Crippen molar-refractivity contribution in [3.63, 3.8) is 0 Å². The van der Waals surface area contributed by atoms with Crippen LogP contribution in [0, 0.1) is 0 Å². The molecule has 0 radical (unpaired) electrons. The van der Waals surface area contributed by atoms with Crippen LogP contribution < -0.4 is 4.74 Å². The first-order valence-electron chi connectivity index (χ1n) is 9.08. The van der Waals surface area contributed by atoms with Gasteiger partial charge in [-0.15, -0.1) is 11.3 Å². The van der Waals surface area contributed by atoms with Crippen LogP contribution in [0.25, 0.3) is 10.1 Å². The average molecular weight is 402 g/mol. The Morgan fingerprint density at radius 3 is 2.24 bits per heavy atom. The highest BCUT2D eigenvalue weighted by molar-refractivity contribution is 7.21. The van der Waals surface area contributed by atoms with Gasteiger partial charge in [0.25, 0.3) is 0 Å². The first-order valence-corrected chi connectivity index (χ1v) is 9.90. The van der Waals surface area contributed by atoms with Gasteiger partial charge in [0.05, 0.1) is 12.7 Å². The number of methoxy groups -OCH3 is 1. The maximum atomic E-state index is 13.1. The smallest absolute Gasteiger partial charge is 0.337 e. The van der Waals surface area contributed by atoms with Gasteiger partial charge in [-0.1, -0.05) is 54.6 Å². The molecule has 0 bridgehead atoms. The van der Waals surface area contributed by atoms with Gasteiger partial charge >= 0.3 is 5.97 Å². The molecular formula is C24H18O4S. The van der Waals surface area contributed by atoms with Crippen LogP contribution in [0.2, 0.25) is 0 Å². The summed E-state index contributed by atoms with van der Waals surface area (Å²) in [5.41, 5.74) is 2.01. The Balaban J connectivity index is 1.64. The summed E-state index contributed by atoms with van der Waals surface area (Å²) in [6.07, 6.45) is 0. The fourth-order valence-electron chi connectivity index (χ4n) is 3.05. The molecule has 5 heteroatoms. The van der Waals surface area contributed by atoms with E-state index in [0.29, 0.717) is 21.8 Å². The zero-order chi connectivity index (χ0) is 20.2. The molecule has 0 aliphatic heterocycles. The van der Waals surface area contributed by atoms with Crippen molar-refractivity contribution in [3.8, 4) is 5.75 Å². The van der Waals surface area contributed by atoms with Crippen LogP contribution in [0.3, 0.4) is 0 Å². The van der Waals surface area contributed by atoms with E-state index in [9.17, 15) is 9.59 Å². The highest BCUT2D eigenvalue weighted by Gasteiger charge is 2.21. The molecule has 0 N–H and O–H groups in total. The standard InChI is InChI=1S/C24H18O4S/c1-27-24(26)18-13-11-16(12-14-18)15-28-22-19-9-5-6-10-20(19)29-23(22)21(25)17-7-3-2-4-8-17/h2-14H,15H2,1H3. The predicted octanol–water partition coefficient (Wildman–Crippen LogP) is 5.50. The minimum Gasteiger partial charge on any atom is -0.487 e. The number of ether oxygens (including phenoxy) is 2. The van der Waals surface area contributed by atoms with E-state index < -0.39 is 0 Å². The molecule has 1 heterocycles. The Morgan fingerprint density at radius 1 is 0.828 bits per heavy atom. The van der Waals surface area contributed by atoms with Crippen molar-refractivity contribution >= 4 is 33.2 Å². The predicted molar refractivity (Wildman–Crippen MR) is 114 cm³/mol. The number of rotatable bonds is 6. The van der Waals surface area contributed by atoms with Gasteiger partial charge in [0, 0.05) is 15.6 Å². The molecule has 4 nitrogen and oxygen atoms in total. The minimum atomic E-state index is -0.378. The molecule has 4 rings (SSSR count). The number of hydrogen-bond donors (Lipinski definition) is 0. The Morgan fingerprint density at radius 2 is 1.52 bits per heavy atom. The maximum Gasteiger partial charge on any atom is 0.337 e. The second kappa shape index (κ2) is 8.29. The maximum absolute atomic E-state index is 13.1. The van der Waals surface area contributed by atoms with Gasteiger partial charge in [0.15, 0.2) is 0 Å². The molecule has 0 saturated heterocycles. The van der Waals surface area contributed by atoms with E-state index >= 15 is 0 Å². The summed E-state index contributed by atoms with van der Waals surface area (Å²) in [4.78, 5) is 25.2. The van der Waals surface area contributed by atoms with Crippen LogP contribution in [-0.4, -0.2) is 18.9 Å². The van der Waals surface area contributed by atoms with Gasteiger partial charge in [-0.05, 0) is 29.8 Å². The molecule has 4 aromatic rings. The number of thiophene rings is 1. The Hall–Kier alpha value is -3.44. The lowest BCUT2D eigenvalue weighted by Crippen LogP contribution is -2.04. The zero-order valence-corrected chi connectivity index (χ0v) is 16.6. The van der Waals surface area contributed by atoms with Crippen LogP contribution in [0.5, 0.6) is 5.75 Å². The summed E-state index contributed by atoms with van der Waals surface area (Å²) in [5, 5.41) is 0.919. The fraction of sp³-hybridized carbons (Fsp3) is 0.0833. The van der Waals surface area contributed by atoms with Crippen molar-refractivity contribution in [2.45, 2.75) is 6.61 Å². The molecule has 0 fully saturated rings. The fourth-order valence-corrected chi connectivity index (χ4v) is 4.15. The molecule has 0 atom stereocenters. The van der Waals surface area contributed by atoms with E-state index in [2.05, 4.69) is 0 Å². The Labute approximate surface area is 172 Å². The number of carbonyl (C=O) groups is 2. The van der Waals surface area contributed by atoms with Gasteiger partial charge in [-0.25, -0.2) is 4.79 Å². The van der Waals surface area contributed by atoms with E-state index in [0.717, 1.165) is 15.6 Å². The topological polar surface area (TPSA) is 52.6 Å². The van der Waals surface area contributed by atoms with Crippen molar-refractivity contribution in [3.05, 3.63) is 100 Å². The molecule has 3 aromatic carbocycles. The first-order chi connectivity index (χ1) is 14.2. The van der Waals surface area contributed by atoms with Crippen molar-refractivity contribution in [1.29, 1.82) is 0 Å². The Bertz CT molecular complexity index is 1160. The molecule has 29 heavy (non-hydrogen) atoms. The summed E-state index contributed by atoms with van der Waals surface area (Å²) < 4.78 is 11.8. The lowest BCUT2D eigenvalue weighted by atomic mass is 10.1. The number of esters is 1. The largest absolute Gasteiger partial charge is 0.487 e. The third-order valence-corrected chi connectivity index (χ3v) is 5.70. The summed E-state index contributed by atoms with van der Waals surface area (Å²) >= 11 is 1.44. The molecule has 1 aromatic heterocycles. The molecule has 144 valence electrons. The molecule has 0 aliphatic rings. The SMILES string of the molecule is COC(=O)c1ccc(COc2c(C(=O)c3ccccc3)sc3ccccc23)cc1. The zero-order valence-electron chi connectivity index (χ0n) is 15.8. The van der Waals surface area contributed by atoms with Crippen molar-refractivity contribution in [2.75, 3.05) is 7.11 Å². The third kappa shape index (κ3) is 3.91. The summed E-state index contributed by atoms with van der Waals surface area (Å²) in [6.45, 7) is 0.289. The monoisotopic (exact) mass is 402 g/mol. The second-order valence-electron chi connectivity index (χ2n) is 6.43. The van der Waals surface area contributed by atoms with Gasteiger partial charge in [-0.2, -0.15) is 0 Å². The number of ketones is 1. The van der Waals surface area contributed by atoms with Crippen LogP contribution in [0.15, 0.2) is 78.9 Å². The summed E-state index contributed by atoms with van der Waals surface area (Å²) in [6, 6.07) is 24.1. The van der Waals surface area contributed by atoms with E-state index in [1.807, 2.05) is 66.7 Å². The number of benzene rings is 3. The minimum absolute atomic E-state index is 0.0529. The van der Waals surface area contributed by atoms with Gasteiger partial charge in [-0.3, -0.25) is 4.79 Å². The van der Waals surface area contributed by atoms with E-state index in [1.165, 1.54) is 18.4 Å². The number of carbonyl (C=O) groups excluding carboxylic acids is 2. The van der Waals surface area contributed by atoms with Crippen LogP contribution in [-0.2, 0) is 11.3 Å². The normalized spacial score (nSPS) is 10.7. The first kappa shape index (κ1) is 18.9. The van der Waals surface area contributed by atoms with Crippen LogP contribution in [0.4, 0.5) is 0 Å². The lowest BCUT2D eigenvalue weighted by Gasteiger charge is -2.09. The highest BCUT2D eigenvalue weighted by atomic mass is 32.1. The summed E-state index contributed by atoms with van der Waals surface area (Å²) in [7, 11) is 1.35.